The molecule has 0 saturated carbocycles. The Bertz CT molecular complexity index is 438. The third-order valence-corrected chi connectivity index (χ3v) is 5.06. The van der Waals surface area contributed by atoms with Crippen molar-refractivity contribution in [3.63, 3.8) is 0 Å². The highest BCUT2D eigenvalue weighted by Crippen LogP contribution is 2.34. The minimum absolute atomic E-state index is 0.0770. The summed E-state index contributed by atoms with van der Waals surface area (Å²) in [6.07, 6.45) is 2.07. The minimum Gasteiger partial charge on any atom is -0.375 e. The lowest BCUT2D eigenvalue weighted by Gasteiger charge is -2.39. The first kappa shape index (κ1) is 24.4. The van der Waals surface area contributed by atoms with Crippen LogP contribution in [-0.2, 0) is 9.53 Å². The van der Waals surface area contributed by atoms with Gasteiger partial charge in [0.25, 0.3) is 0 Å². The first-order valence-corrected chi connectivity index (χ1v) is 9.50. The molecule has 0 radical (unpaired) electrons. The summed E-state index contributed by atoms with van der Waals surface area (Å²) in [7, 11) is 0. The Morgan fingerprint density at radius 1 is 0.920 bits per heavy atom. The predicted octanol–water partition coefficient (Wildman–Crippen LogP) is 4.66. The summed E-state index contributed by atoms with van der Waals surface area (Å²) in [5.74, 6) is 0.0781. The van der Waals surface area contributed by atoms with Crippen molar-refractivity contribution >= 4 is 5.91 Å². The molecule has 4 nitrogen and oxygen atoms in total. The van der Waals surface area contributed by atoms with Crippen molar-refractivity contribution in [2.75, 3.05) is 6.61 Å². The molecular weight excluding hydrogens is 312 g/mol. The summed E-state index contributed by atoms with van der Waals surface area (Å²) >= 11 is 0. The van der Waals surface area contributed by atoms with Gasteiger partial charge in [-0.15, -0.1) is 0 Å². The molecule has 0 atom stereocenters. The zero-order chi connectivity index (χ0) is 20.3. The van der Waals surface area contributed by atoms with Crippen molar-refractivity contribution in [3.05, 3.63) is 0 Å². The SMILES string of the molecule is CC(C)(N)CC(C)(C)NC(=O)CC(C)(C)CCOC(C)(C)C(C)(C)C. The van der Waals surface area contributed by atoms with E-state index < -0.39 is 0 Å². The third-order valence-electron chi connectivity index (χ3n) is 5.06. The fraction of sp³-hybridized carbons (Fsp3) is 0.952. The molecule has 0 aliphatic heterocycles. The lowest BCUT2D eigenvalue weighted by molar-refractivity contribution is -0.126. The van der Waals surface area contributed by atoms with Gasteiger partial charge in [0.15, 0.2) is 0 Å². The predicted molar refractivity (Wildman–Crippen MR) is 108 cm³/mol. The molecule has 0 spiro atoms. The second-order valence-electron chi connectivity index (χ2n) is 11.3. The molecule has 0 aromatic heterocycles. The molecule has 0 unspecified atom stereocenters. The van der Waals surface area contributed by atoms with Gasteiger partial charge in [-0.3, -0.25) is 4.79 Å². The lowest BCUT2D eigenvalue weighted by atomic mass is 9.79. The van der Waals surface area contributed by atoms with Gasteiger partial charge in [-0.05, 0) is 65.2 Å². The molecule has 0 aromatic rings. The standard InChI is InChI=1S/C21H44N2O2/c1-17(2,3)21(10,11)25-13-12-18(4,5)14-16(24)23-20(8,9)15-19(6,7)22/h12-15,22H2,1-11H3,(H,23,24). The molecule has 25 heavy (non-hydrogen) atoms. The normalized spacial score (nSPS) is 14.6. The molecule has 0 aromatic carbocycles. The number of ether oxygens (including phenoxy) is 1. The van der Waals surface area contributed by atoms with E-state index in [2.05, 4.69) is 53.8 Å². The molecule has 0 heterocycles. The van der Waals surface area contributed by atoms with Gasteiger partial charge in [0.05, 0.1) is 5.60 Å². The molecule has 1 amide bonds. The maximum Gasteiger partial charge on any atom is 0.220 e. The van der Waals surface area contributed by atoms with Gasteiger partial charge in [0.1, 0.15) is 0 Å². The van der Waals surface area contributed by atoms with Crippen LogP contribution in [0.15, 0.2) is 0 Å². The fourth-order valence-electron chi connectivity index (χ4n) is 2.93. The Balaban J connectivity index is 4.55. The average Bonchev–Trinajstić information content (AvgIpc) is 2.19. The Kier molecular flexibility index (Phi) is 7.76. The topological polar surface area (TPSA) is 64.3 Å². The molecule has 0 rings (SSSR count). The van der Waals surface area contributed by atoms with Crippen LogP contribution in [0.2, 0.25) is 0 Å². The monoisotopic (exact) mass is 356 g/mol. The molecule has 4 heteroatoms. The maximum atomic E-state index is 12.5. The summed E-state index contributed by atoms with van der Waals surface area (Å²) < 4.78 is 6.13. The van der Waals surface area contributed by atoms with E-state index in [4.69, 9.17) is 10.5 Å². The highest BCUT2D eigenvalue weighted by molar-refractivity contribution is 5.77. The van der Waals surface area contributed by atoms with Gasteiger partial charge in [-0.25, -0.2) is 0 Å². The van der Waals surface area contributed by atoms with E-state index in [0.29, 0.717) is 13.0 Å². The summed E-state index contributed by atoms with van der Waals surface area (Å²) in [5, 5.41) is 3.14. The largest absolute Gasteiger partial charge is 0.375 e. The first-order valence-electron chi connectivity index (χ1n) is 9.50. The van der Waals surface area contributed by atoms with E-state index in [1.807, 2.05) is 27.7 Å². The second-order valence-corrected chi connectivity index (χ2v) is 11.3. The van der Waals surface area contributed by atoms with E-state index in [1.54, 1.807) is 0 Å². The molecule has 0 aliphatic carbocycles. The Labute approximate surface area is 156 Å². The number of nitrogens with two attached hydrogens (primary N) is 1. The third kappa shape index (κ3) is 10.2. The van der Waals surface area contributed by atoms with E-state index in [0.717, 1.165) is 12.8 Å². The Morgan fingerprint density at radius 3 is 1.80 bits per heavy atom. The van der Waals surface area contributed by atoms with E-state index in [1.165, 1.54) is 0 Å². The Morgan fingerprint density at radius 2 is 1.40 bits per heavy atom. The maximum absolute atomic E-state index is 12.5. The van der Waals surface area contributed by atoms with Crippen LogP contribution in [0.3, 0.4) is 0 Å². The van der Waals surface area contributed by atoms with Gasteiger partial charge in [-0.1, -0.05) is 34.6 Å². The lowest BCUT2D eigenvalue weighted by Crippen LogP contribution is -2.51. The summed E-state index contributed by atoms with van der Waals surface area (Å²) in [6.45, 7) is 23.8. The zero-order valence-corrected chi connectivity index (χ0v) is 18.7. The quantitative estimate of drug-likeness (QED) is 0.631. The minimum atomic E-state index is -0.309. The van der Waals surface area contributed by atoms with Crippen LogP contribution in [0.25, 0.3) is 0 Å². The first-order chi connectivity index (χ1) is 10.8. The van der Waals surface area contributed by atoms with Crippen LogP contribution < -0.4 is 11.1 Å². The van der Waals surface area contributed by atoms with Gasteiger partial charge < -0.3 is 15.8 Å². The molecule has 3 N–H and O–H groups in total. The molecule has 0 bridgehead atoms. The fourth-order valence-corrected chi connectivity index (χ4v) is 2.93. The number of amides is 1. The van der Waals surface area contributed by atoms with Gasteiger partial charge in [-0.2, -0.15) is 0 Å². The van der Waals surface area contributed by atoms with Crippen LogP contribution in [0.1, 0.15) is 95.4 Å². The molecule has 0 aliphatic rings. The van der Waals surface area contributed by atoms with Crippen molar-refractivity contribution in [2.24, 2.45) is 16.6 Å². The highest BCUT2D eigenvalue weighted by atomic mass is 16.5. The van der Waals surface area contributed by atoms with E-state index >= 15 is 0 Å². The second kappa shape index (κ2) is 7.96. The Hall–Kier alpha value is -0.610. The van der Waals surface area contributed by atoms with Crippen LogP contribution >= 0.6 is 0 Å². The number of carbonyl (C=O) groups excluding carboxylic acids is 1. The summed E-state index contributed by atoms with van der Waals surface area (Å²) in [6, 6.07) is 0. The smallest absolute Gasteiger partial charge is 0.220 e. The molecule has 0 saturated heterocycles. The molecule has 0 fully saturated rings. The van der Waals surface area contributed by atoms with Crippen molar-refractivity contribution in [1.29, 1.82) is 0 Å². The number of hydrogen-bond acceptors (Lipinski definition) is 3. The molecular formula is C21H44N2O2. The zero-order valence-electron chi connectivity index (χ0n) is 18.7. The van der Waals surface area contributed by atoms with E-state index in [9.17, 15) is 4.79 Å². The van der Waals surface area contributed by atoms with Gasteiger partial charge in [0.2, 0.25) is 5.91 Å². The summed E-state index contributed by atoms with van der Waals surface area (Å²) in [5.41, 5.74) is 5.26. The number of hydrogen-bond donors (Lipinski definition) is 2. The van der Waals surface area contributed by atoms with Gasteiger partial charge >= 0.3 is 0 Å². The highest BCUT2D eigenvalue weighted by Gasteiger charge is 2.34. The van der Waals surface area contributed by atoms with Crippen molar-refractivity contribution in [1.82, 2.24) is 5.32 Å². The van der Waals surface area contributed by atoms with Gasteiger partial charge in [0, 0.05) is 24.1 Å². The van der Waals surface area contributed by atoms with Crippen LogP contribution in [0, 0.1) is 10.8 Å². The number of nitrogens with one attached hydrogen (secondary N) is 1. The average molecular weight is 357 g/mol. The van der Waals surface area contributed by atoms with Crippen LogP contribution in [-0.4, -0.2) is 29.2 Å². The molecule has 150 valence electrons. The van der Waals surface area contributed by atoms with Crippen molar-refractivity contribution < 1.29 is 9.53 Å². The van der Waals surface area contributed by atoms with Crippen molar-refractivity contribution in [3.8, 4) is 0 Å². The van der Waals surface area contributed by atoms with Crippen molar-refractivity contribution in [2.45, 2.75) is 112 Å². The number of rotatable bonds is 9. The van der Waals surface area contributed by atoms with Crippen LogP contribution in [0.5, 0.6) is 0 Å². The van der Waals surface area contributed by atoms with Crippen LogP contribution in [0.4, 0.5) is 0 Å². The summed E-state index contributed by atoms with van der Waals surface area (Å²) in [4.78, 5) is 12.5. The number of carbonyl (C=O) groups is 1. The van der Waals surface area contributed by atoms with E-state index in [-0.39, 0.29) is 33.4 Å².